The Hall–Kier alpha value is -9.32. The zero-order valence-electron chi connectivity index (χ0n) is 80.8. The fraction of sp³-hybridized carbons (Fsp3) is 0.614. The van der Waals surface area contributed by atoms with Gasteiger partial charge in [0.2, 0.25) is 53.2 Å². The van der Waals surface area contributed by atoms with Gasteiger partial charge in [-0.2, -0.15) is 0 Å². The number of carbonyl (C=O) groups excluding carboxylic acids is 13. The molecule has 0 aromatic heterocycles. The summed E-state index contributed by atoms with van der Waals surface area (Å²) < 4.78 is 5.83. The maximum absolute atomic E-state index is 15.9. The van der Waals surface area contributed by atoms with Crippen molar-refractivity contribution >= 4 is 99.6 Å². The zero-order chi connectivity index (χ0) is 95.0. The molecule has 1 aliphatic heterocycles. The molecule has 4 aromatic carbocycles. The first-order valence-electron chi connectivity index (χ1n) is 46.2. The molecule has 0 spiro atoms. The highest BCUT2D eigenvalue weighted by atomic mass is 31.2. The third-order valence-corrected chi connectivity index (χ3v) is 29.6. The number of Topliss-reactive ketones (excluding diaryl/α,β-unsaturated/α-hetero) is 3. The molecule has 0 radical (unpaired) electrons. The summed E-state index contributed by atoms with van der Waals surface area (Å²) >= 11 is 0. The van der Waals surface area contributed by atoms with E-state index in [0.29, 0.717) is 12.0 Å². The van der Waals surface area contributed by atoms with Crippen LogP contribution in [0.25, 0.3) is 0 Å². The van der Waals surface area contributed by atoms with E-state index >= 15 is 38.4 Å². The van der Waals surface area contributed by atoms with E-state index in [1.54, 1.807) is 78.8 Å². The minimum absolute atomic E-state index is 0.0395. The highest BCUT2D eigenvalue weighted by molar-refractivity contribution is 7.95. The number of aliphatic hydroxyl groups excluding tert-OH is 1. The van der Waals surface area contributed by atoms with Crippen molar-refractivity contribution in [3.63, 3.8) is 0 Å². The van der Waals surface area contributed by atoms with Crippen LogP contribution >= 0.6 is 7.26 Å². The smallest absolute Gasteiger partial charge is 0.251 e. The molecule has 4 aromatic rings. The van der Waals surface area contributed by atoms with Crippen LogP contribution in [0.15, 0.2) is 127 Å². The van der Waals surface area contributed by atoms with E-state index in [1.807, 2.05) is 68.4 Å². The third kappa shape index (κ3) is 30.7. The van der Waals surface area contributed by atoms with Crippen LogP contribution in [-0.4, -0.2) is 252 Å². The normalized spacial score (nSPS) is 22.6. The molecule has 0 saturated carbocycles. The van der Waals surface area contributed by atoms with E-state index in [0.717, 1.165) is 30.3 Å². The predicted octanol–water partition coefficient (Wildman–Crippen LogP) is 11.6. The number of nitrogens with one attached hydrogen (secondary N) is 3. The van der Waals surface area contributed by atoms with Gasteiger partial charge in [0.05, 0.1) is 37.6 Å². The molecule has 127 heavy (non-hydrogen) atoms. The molecule has 10 amide bonds. The number of ether oxygens (including phenoxy) is 1. The zero-order valence-corrected chi connectivity index (χ0v) is 81.7. The first-order valence-corrected chi connectivity index (χ1v) is 48.2. The maximum atomic E-state index is 15.9. The molecule has 1 fully saturated rings. The van der Waals surface area contributed by atoms with Crippen LogP contribution in [0, 0.1) is 59.2 Å². The van der Waals surface area contributed by atoms with Gasteiger partial charge >= 0.3 is 0 Å². The lowest BCUT2D eigenvalue weighted by atomic mass is 9.84. The van der Waals surface area contributed by atoms with Crippen molar-refractivity contribution in [2.24, 2.45) is 59.2 Å². The number of ketones is 3. The van der Waals surface area contributed by atoms with Crippen molar-refractivity contribution in [3.8, 4) is 0 Å². The molecule has 1 unspecified atom stereocenters. The van der Waals surface area contributed by atoms with Crippen molar-refractivity contribution in [2.45, 2.75) is 262 Å². The number of nitrogens with zero attached hydrogens (tertiary/aromatic N) is 7. The average Bonchev–Trinajstić information content (AvgIpc) is 0.760. The van der Waals surface area contributed by atoms with Crippen molar-refractivity contribution in [1.29, 1.82) is 0 Å². The Morgan fingerprint density at radius 1 is 0.480 bits per heavy atom. The van der Waals surface area contributed by atoms with Crippen LogP contribution in [0.4, 0.5) is 0 Å². The number of unbranched alkanes of at least 4 members (excludes halogenated alkanes) is 2. The number of carbonyl (C=O) groups is 13. The molecule has 0 aliphatic carbocycles. The standard InChI is InChI=1S/C101H153N10O15P/c1-25-27-40-71(15)92(116)91-88(114)63-75(26-2)96(120)108(21)85(62-74-48-50-76(51-49-74)94(118)103-53-55-126-54-52-102-89(115)47-38-31-39-56-127(77-41-32-28-33-42-77,78-43-34-29-35-44-78)79-45-36-30-37-46-79)99(123)106(19)82(58-66(5)6)87(113)64-80(69(11)12)97(121)105(18)81(57-65(3)4)86(112)61-72(16)93(117)104-73(17)95(119)107(20)83(59-67(7)8)98(122)109(22)84(60-68(9)10)100(124)110(23)90(70(13)14)101(125)111(91)24/h25,27-30,32-37,41-46,48-51,65-73,75,80-85,90-92,116H,26,31,38-40,47,52-64H2,1-24H3,(H2-,102,103,104,115,117,118)/p+1/b27-25+/t71-,72-,73-,75-,80+,81+,82+,83+,84+,85?,90+,91-,92-/m1/s1. The lowest BCUT2D eigenvalue weighted by molar-refractivity contribution is -0.157. The lowest BCUT2D eigenvalue weighted by Gasteiger charge is -2.41. The number of likely N-dealkylation sites (N-methyl/N-ethyl adjacent to an activating group) is 7. The number of rotatable bonds is 33. The van der Waals surface area contributed by atoms with E-state index in [1.165, 1.54) is 102 Å². The molecule has 702 valence electrons. The van der Waals surface area contributed by atoms with Crippen LogP contribution in [0.5, 0.6) is 0 Å². The summed E-state index contributed by atoms with van der Waals surface area (Å²) in [5.74, 6) is -12.6. The fourth-order valence-electron chi connectivity index (χ4n) is 17.4. The van der Waals surface area contributed by atoms with Crippen molar-refractivity contribution in [1.82, 2.24) is 50.2 Å². The quantitative estimate of drug-likeness (QED) is 0.0196. The van der Waals surface area contributed by atoms with Gasteiger partial charge < -0.3 is 60.1 Å². The van der Waals surface area contributed by atoms with Gasteiger partial charge in [0.1, 0.15) is 59.4 Å². The van der Waals surface area contributed by atoms with Crippen LogP contribution < -0.4 is 31.9 Å². The molecule has 1 heterocycles. The molecule has 1 aliphatic rings. The van der Waals surface area contributed by atoms with Gasteiger partial charge in [0.15, 0.2) is 17.3 Å². The van der Waals surface area contributed by atoms with Gasteiger partial charge in [-0.05, 0) is 167 Å². The Kier molecular flexibility index (Phi) is 44.6. The van der Waals surface area contributed by atoms with Crippen molar-refractivity contribution < 1.29 is 72.2 Å². The van der Waals surface area contributed by atoms with Crippen molar-refractivity contribution in [3.05, 3.63) is 139 Å². The number of aliphatic hydroxyl groups is 1. The SMILES string of the molecule is C/C=C/C[C@@H](C)[C@@H](O)[C@H]1C(=O)C[C@@H](CC)C(=O)N(C)C(Cc2ccc(C(=O)NCCOCCNC(=O)CCCCC[P+](c3ccccc3)(c3ccccc3)c3ccccc3)cc2)C(=O)N(C)[C@@H](CC(C)C)C(=O)C[C@@H](C(C)C)C(=O)N(C)[C@@H](CC(C)C)C(=O)C[C@@H](C)C(=O)N[C@H](C)C(=O)N(C)[C@@H](CC(C)C)C(=O)N(C)[C@@H](CC(C)C)C(=O)N(C)[C@@H](C(C)C)C(=O)N1C. The predicted molar refractivity (Wildman–Crippen MR) is 506 cm³/mol. The molecule has 25 nitrogen and oxygen atoms in total. The molecule has 26 heteroatoms. The van der Waals surface area contributed by atoms with Gasteiger partial charge in [-0.3, -0.25) is 62.3 Å². The van der Waals surface area contributed by atoms with Crippen LogP contribution in [0.2, 0.25) is 0 Å². The van der Waals surface area contributed by atoms with Gasteiger partial charge in [-0.25, -0.2) is 0 Å². The summed E-state index contributed by atoms with van der Waals surface area (Å²) in [5, 5.41) is 25.2. The van der Waals surface area contributed by atoms with Gasteiger partial charge in [-0.15, -0.1) is 0 Å². The number of hydrogen-bond acceptors (Lipinski definition) is 15. The molecular formula is C101H154N10O15P+. The lowest BCUT2D eigenvalue weighted by Crippen LogP contribution is -2.61. The van der Waals surface area contributed by atoms with E-state index in [9.17, 15) is 29.1 Å². The van der Waals surface area contributed by atoms with Gasteiger partial charge in [0, 0.05) is 118 Å². The van der Waals surface area contributed by atoms with Crippen molar-refractivity contribution in [2.75, 3.05) is 81.8 Å². The van der Waals surface area contributed by atoms with E-state index in [-0.39, 0.29) is 119 Å². The summed E-state index contributed by atoms with van der Waals surface area (Å²) in [6.07, 6.45) is 5.58. The maximum Gasteiger partial charge on any atom is 0.251 e. The monoisotopic (exact) mass is 1780 g/mol. The second-order valence-corrected chi connectivity index (χ2v) is 41.3. The average molecular weight is 1780 g/mol. The van der Waals surface area contributed by atoms with E-state index < -0.39 is 174 Å². The topological polar surface area (TPSA) is 310 Å². The van der Waals surface area contributed by atoms with Crippen LogP contribution in [0.1, 0.15) is 217 Å². The Balaban J connectivity index is 1.49. The highest BCUT2D eigenvalue weighted by Gasteiger charge is 2.48. The third-order valence-electron chi connectivity index (χ3n) is 25.1. The second kappa shape index (κ2) is 52.4. The fourth-order valence-corrected chi connectivity index (χ4v) is 21.8. The summed E-state index contributed by atoms with van der Waals surface area (Å²) in [6, 6.07) is 28.7. The summed E-state index contributed by atoms with van der Waals surface area (Å²) in [7, 11) is 8.24. The molecule has 0 bridgehead atoms. The number of benzene rings is 4. The molecule has 5 rings (SSSR count). The minimum atomic E-state index is -1.98. The molecular weight excluding hydrogens is 1620 g/mol. The summed E-state index contributed by atoms with van der Waals surface area (Å²) in [5.41, 5.74) is 0.787. The van der Waals surface area contributed by atoms with Crippen LogP contribution in [-0.2, 0) is 68.7 Å². The van der Waals surface area contributed by atoms with Gasteiger partial charge in [-0.1, -0.05) is 183 Å². The summed E-state index contributed by atoms with van der Waals surface area (Å²) in [4.78, 5) is 204. The Morgan fingerprint density at radius 2 is 0.913 bits per heavy atom. The van der Waals surface area contributed by atoms with E-state index in [2.05, 4.69) is 107 Å². The number of allylic oxidation sites excluding steroid dienone is 2. The molecule has 13 atom stereocenters. The largest absolute Gasteiger partial charge is 0.390 e. The molecule has 4 N–H and O–H groups in total. The second-order valence-electron chi connectivity index (χ2n) is 37.7. The van der Waals surface area contributed by atoms with Gasteiger partial charge in [0.25, 0.3) is 5.91 Å². The number of hydrogen-bond donors (Lipinski definition) is 4. The van der Waals surface area contributed by atoms with Crippen LogP contribution in [0.3, 0.4) is 0 Å². The Bertz CT molecular complexity index is 4160. The first-order chi connectivity index (χ1) is 59.9. The number of amides is 10. The molecule has 1 saturated heterocycles. The Morgan fingerprint density at radius 3 is 1.39 bits per heavy atom. The van der Waals surface area contributed by atoms with E-state index in [4.69, 9.17) is 4.74 Å². The minimum Gasteiger partial charge on any atom is -0.390 e. The first kappa shape index (κ1) is 108. The summed E-state index contributed by atoms with van der Waals surface area (Å²) in [6.45, 7) is 31.3. The Labute approximate surface area is 759 Å². The highest BCUT2D eigenvalue weighted by Crippen LogP contribution is 2.56.